The number of carbonyl (C=O) groups is 2. The Kier molecular flexibility index (Phi) is 7.69. The van der Waals surface area contributed by atoms with Crippen molar-refractivity contribution in [2.45, 2.75) is 77.2 Å². The maximum atomic E-state index is 12.3. The average molecular weight is 323 g/mol. The van der Waals surface area contributed by atoms with Gasteiger partial charge in [-0.05, 0) is 44.4 Å². The second-order valence-corrected chi connectivity index (χ2v) is 7.12. The van der Waals surface area contributed by atoms with Crippen LogP contribution in [0.4, 0.5) is 4.79 Å². The standard InChI is InChI=1S/C18H33N3O2/c1-2-13-21(14-15-10-11-15)17(22)9-6-12-19-18(23)20-16-7-4-3-5-8-16/h15-16H,2-14H2,1H3,(H2,19,20,23). The fraction of sp³-hybridized carbons (Fsp3) is 0.889. The zero-order valence-corrected chi connectivity index (χ0v) is 14.6. The van der Waals surface area contributed by atoms with Gasteiger partial charge in [-0.3, -0.25) is 4.79 Å². The van der Waals surface area contributed by atoms with Crippen LogP contribution in [0.25, 0.3) is 0 Å². The molecule has 0 bridgehead atoms. The lowest BCUT2D eigenvalue weighted by molar-refractivity contribution is -0.131. The lowest BCUT2D eigenvalue weighted by atomic mass is 9.96. The predicted octanol–water partition coefficient (Wildman–Crippen LogP) is 3.05. The summed E-state index contributed by atoms with van der Waals surface area (Å²) in [6, 6.07) is 0.261. The summed E-state index contributed by atoms with van der Waals surface area (Å²) in [6.07, 6.45) is 10.7. The van der Waals surface area contributed by atoms with Gasteiger partial charge in [-0.15, -0.1) is 0 Å². The van der Waals surface area contributed by atoms with E-state index in [2.05, 4.69) is 17.6 Å². The van der Waals surface area contributed by atoms with Gasteiger partial charge in [0.1, 0.15) is 0 Å². The fourth-order valence-electron chi connectivity index (χ4n) is 3.28. The van der Waals surface area contributed by atoms with E-state index in [0.717, 1.165) is 44.7 Å². The van der Waals surface area contributed by atoms with Crippen molar-refractivity contribution in [2.24, 2.45) is 5.92 Å². The predicted molar refractivity (Wildman–Crippen MR) is 92.2 cm³/mol. The summed E-state index contributed by atoms with van der Waals surface area (Å²) in [5.41, 5.74) is 0. The van der Waals surface area contributed by atoms with Gasteiger partial charge in [-0.2, -0.15) is 0 Å². The number of hydrogen-bond acceptors (Lipinski definition) is 2. The molecule has 3 amide bonds. The Morgan fingerprint density at radius 3 is 2.48 bits per heavy atom. The van der Waals surface area contributed by atoms with Crippen LogP contribution in [0.5, 0.6) is 0 Å². The molecule has 0 aromatic rings. The van der Waals surface area contributed by atoms with Crippen LogP contribution in [0, 0.1) is 5.92 Å². The number of amides is 3. The maximum Gasteiger partial charge on any atom is 0.315 e. The summed E-state index contributed by atoms with van der Waals surface area (Å²) in [5, 5.41) is 5.93. The molecule has 23 heavy (non-hydrogen) atoms. The molecular formula is C18H33N3O2. The van der Waals surface area contributed by atoms with E-state index < -0.39 is 0 Å². The highest BCUT2D eigenvalue weighted by Gasteiger charge is 2.26. The molecule has 5 nitrogen and oxygen atoms in total. The smallest absolute Gasteiger partial charge is 0.315 e. The summed E-state index contributed by atoms with van der Waals surface area (Å²) < 4.78 is 0. The molecule has 0 aliphatic heterocycles. The lowest BCUT2D eigenvalue weighted by Gasteiger charge is -2.23. The molecule has 132 valence electrons. The molecule has 0 radical (unpaired) electrons. The van der Waals surface area contributed by atoms with E-state index in [1.807, 2.05) is 4.90 Å². The summed E-state index contributed by atoms with van der Waals surface area (Å²) in [4.78, 5) is 26.1. The highest BCUT2D eigenvalue weighted by molar-refractivity contribution is 5.76. The fourth-order valence-corrected chi connectivity index (χ4v) is 3.28. The van der Waals surface area contributed by atoms with Crippen molar-refractivity contribution >= 4 is 11.9 Å². The molecule has 2 fully saturated rings. The average Bonchev–Trinajstić information content (AvgIpc) is 3.36. The van der Waals surface area contributed by atoms with Crippen molar-refractivity contribution < 1.29 is 9.59 Å². The van der Waals surface area contributed by atoms with E-state index >= 15 is 0 Å². The van der Waals surface area contributed by atoms with Gasteiger partial charge in [-0.1, -0.05) is 26.2 Å². The first-order valence-corrected chi connectivity index (χ1v) is 9.51. The van der Waals surface area contributed by atoms with E-state index in [4.69, 9.17) is 0 Å². The minimum absolute atomic E-state index is 0.0762. The molecule has 2 aliphatic rings. The molecule has 0 aromatic heterocycles. The molecule has 5 heteroatoms. The van der Waals surface area contributed by atoms with Crippen molar-refractivity contribution in [3.05, 3.63) is 0 Å². The van der Waals surface area contributed by atoms with Crippen LogP contribution in [-0.4, -0.2) is 42.5 Å². The summed E-state index contributed by atoms with van der Waals surface area (Å²) in [7, 11) is 0. The Balaban J connectivity index is 1.55. The quantitative estimate of drug-likeness (QED) is 0.641. The Morgan fingerprint density at radius 1 is 1.09 bits per heavy atom. The molecule has 2 N–H and O–H groups in total. The zero-order valence-electron chi connectivity index (χ0n) is 14.6. The number of hydrogen-bond donors (Lipinski definition) is 2. The van der Waals surface area contributed by atoms with Crippen LogP contribution >= 0.6 is 0 Å². The number of nitrogens with zero attached hydrogens (tertiary/aromatic N) is 1. The third kappa shape index (κ3) is 7.23. The highest BCUT2D eigenvalue weighted by Crippen LogP contribution is 2.30. The Morgan fingerprint density at radius 2 is 1.83 bits per heavy atom. The van der Waals surface area contributed by atoms with E-state index in [9.17, 15) is 9.59 Å². The molecule has 0 aromatic carbocycles. The topological polar surface area (TPSA) is 61.4 Å². The summed E-state index contributed by atoms with van der Waals surface area (Å²) in [6.45, 7) is 4.49. The monoisotopic (exact) mass is 323 g/mol. The normalized spacial score (nSPS) is 18.5. The van der Waals surface area contributed by atoms with Crippen LogP contribution in [0.15, 0.2) is 0 Å². The minimum Gasteiger partial charge on any atom is -0.342 e. The van der Waals surface area contributed by atoms with Gasteiger partial charge >= 0.3 is 6.03 Å². The Bertz CT molecular complexity index is 376. The largest absolute Gasteiger partial charge is 0.342 e. The van der Waals surface area contributed by atoms with Crippen LogP contribution in [0.1, 0.15) is 71.1 Å². The summed E-state index contributed by atoms with van der Waals surface area (Å²) >= 11 is 0. The SMILES string of the molecule is CCCN(CC1CC1)C(=O)CCCNC(=O)NC1CCCCC1. The van der Waals surface area contributed by atoms with Gasteiger partial charge in [0.25, 0.3) is 0 Å². The molecule has 0 unspecified atom stereocenters. The second-order valence-electron chi connectivity index (χ2n) is 7.12. The van der Waals surface area contributed by atoms with Crippen LogP contribution in [-0.2, 0) is 4.79 Å². The third-order valence-electron chi connectivity index (χ3n) is 4.82. The minimum atomic E-state index is -0.0762. The number of carbonyl (C=O) groups excluding carboxylic acids is 2. The summed E-state index contributed by atoms with van der Waals surface area (Å²) in [5.74, 6) is 0.984. The van der Waals surface area contributed by atoms with Gasteiger partial charge in [0.15, 0.2) is 0 Å². The van der Waals surface area contributed by atoms with Crippen molar-refractivity contribution in [3.8, 4) is 0 Å². The Labute approximate surface area is 140 Å². The van der Waals surface area contributed by atoms with Gasteiger partial charge in [0.05, 0.1) is 0 Å². The molecule has 2 aliphatic carbocycles. The van der Waals surface area contributed by atoms with Crippen LogP contribution < -0.4 is 10.6 Å². The highest BCUT2D eigenvalue weighted by atomic mass is 16.2. The first kappa shape index (κ1) is 18.1. The number of nitrogens with one attached hydrogen (secondary N) is 2. The van der Waals surface area contributed by atoms with E-state index in [1.165, 1.54) is 32.1 Å². The number of rotatable bonds is 9. The molecule has 0 spiro atoms. The molecule has 2 rings (SSSR count). The van der Waals surface area contributed by atoms with Gasteiger partial charge in [0.2, 0.25) is 5.91 Å². The van der Waals surface area contributed by atoms with Crippen molar-refractivity contribution in [1.29, 1.82) is 0 Å². The van der Waals surface area contributed by atoms with Crippen molar-refractivity contribution in [3.63, 3.8) is 0 Å². The Hall–Kier alpha value is -1.26. The maximum absolute atomic E-state index is 12.3. The first-order valence-electron chi connectivity index (χ1n) is 9.51. The van der Waals surface area contributed by atoms with Crippen LogP contribution in [0.3, 0.4) is 0 Å². The van der Waals surface area contributed by atoms with Crippen molar-refractivity contribution in [1.82, 2.24) is 15.5 Å². The molecule has 0 heterocycles. The van der Waals surface area contributed by atoms with E-state index in [-0.39, 0.29) is 11.9 Å². The third-order valence-corrected chi connectivity index (χ3v) is 4.82. The van der Waals surface area contributed by atoms with Gasteiger partial charge in [0, 0.05) is 32.1 Å². The van der Waals surface area contributed by atoms with E-state index in [0.29, 0.717) is 19.0 Å². The first-order chi connectivity index (χ1) is 11.2. The van der Waals surface area contributed by atoms with Crippen LogP contribution in [0.2, 0.25) is 0 Å². The number of urea groups is 1. The van der Waals surface area contributed by atoms with Crippen molar-refractivity contribution in [2.75, 3.05) is 19.6 Å². The zero-order chi connectivity index (χ0) is 16.5. The molecule has 0 saturated heterocycles. The lowest BCUT2D eigenvalue weighted by Crippen LogP contribution is -2.43. The van der Waals surface area contributed by atoms with Gasteiger partial charge < -0.3 is 15.5 Å². The van der Waals surface area contributed by atoms with Gasteiger partial charge in [-0.25, -0.2) is 4.79 Å². The van der Waals surface area contributed by atoms with E-state index in [1.54, 1.807) is 0 Å². The molecule has 0 atom stereocenters. The molecule has 2 saturated carbocycles. The molecular weight excluding hydrogens is 290 g/mol. The second kappa shape index (κ2) is 9.78.